The zero-order valence-electron chi connectivity index (χ0n) is 17.6. The molecule has 0 fully saturated rings. The molecule has 2 rings (SSSR count). The van der Waals surface area contributed by atoms with Gasteiger partial charge in [0.25, 0.3) is 0 Å². The number of carbonyl (C=O) groups excluding carboxylic acids is 5. The highest BCUT2D eigenvalue weighted by molar-refractivity contribution is 6.13. The Labute approximate surface area is 172 Å². The smallest absolute Gasteiger partial charge is 0.170 e. The van der Waals surface area contributed by atoms with E-state index in [0.29, 0.717) is 11.1 Å². The zero-order valence-corrected chi connectivity index (χ0v) is 17.6. The van der Waals surface area contributed by atoms with E-state index in [9.17, 15) is 24.0 Å². The molecule has 0 unspecified atom stereocenters. The van der Waals surface area contributed by atoms with Crippen molar-refractivity contribution in [1.29, 1.82) is 0 Å². The molecule has 0 atom stereocenters. The van der Waals surface area contributed by atoms with Crippen molar-refractivity contribution in [3.63, 3.8) is 0 Å². The average Bonchev–Trinajstić information content (AvgIpc) is 2.68. The third-order valence-electron chi connectivity index (χ3n) is 3.73. The van der Waals surface area contributed by atoms with E-state index in [2.05, 4.69) is 0 Å². The lowest BCUT2D eigenvalue weighted by atomic mass is 10.0. The van der Waals surface area contributed by atoms with Crippen LogP contribution in [0.1, 0.15) is 61.8 Å². The van der Waals surface area contributed by atoms with Gasteiger partial charge in [0.15, 0.2) is 11.6 Å². The van der Waals surface area contributed by atoms with Gasteiger partial charge in [0.1, 0.15) is 17.3 Å². The molecule has 154 valence electrons. The molecule has 0 saturated carbocycles. The highest BCUT2D eigenvalue weighted by Gasteiger charge is 2.12. The maximum absolute atomic E-state index is 11.8. The van der Waals surface area contributed by atoms with Gasteiger partial charge in [0.05, 0.1) is 12.3 Å². The normalized spacial score (nSPS) is 9.31. The van der Waals surface area contributed by atoms with Crippen molar-refractivity contribution in [2.45, 2.75) is 41.0 Å². The van der Waals surface area contributed by atoms with Crippen LogP contribution in [0, 0.1) is 5.92 Å². The van der Waals surface area contributed by atoms with Crippen LogP contribution in [0.4, 0.5) is 0 Å². The van der Waals surface area contributed by atoms with Crippen LogP contribution in [0.5, 0.6) is 0 Å². The van der Waals surface area contributed by atoms with E-state index in [1.54, 1.807) is 55.5 Å². The predicted molar refractivity (Wildman–Crippen MR) is 113 cm³/mol. The highest BCUT2D eigenvalue weighted by atomic mass is 16.2. The van der Waals surface area contributed by atoms with Gasteiger partial charge in [-0.2, -0.15) is 0 Å². The second-order valence-electron chi connectivity index (χ2n) is 6.61. The second-order valence-corrected chi connectivity index (χ2v) is 6.61. The largest absolute Gasteiger partial charge is 0.300 e. The first-order valence-electron chi connectivity index (χ1n) is 9.20. The molecule has 5 heteroatoms. The van der Waals surface area contributed by atoms with Gasteiger partial charge in [-0.05, 0) is 34.6 Å². The molecule has 5 nitrogen and oxygen atoms in total. The molecule has 0 amide bonds. The summed E-state index contributed by atoms with van der Waals surface area (Å²) in [5, 5.41) is 0. The minimum absolute atomic E-state index is 0.0579. The summed E-state index contributed by atoms with van der Waals surface area (Å²) < 4.78 is 0. The van der Waals surface area contributed by atoms with Crippen molar-refractivity contribution < 1.29 is 24.0 Å². The Morgan fingerprint density at radius 2 is 0.897 bits per heavy atom. The number of carbonyl (C=O) groups is 5. The number of rotatable bonds is 6. The van der Waals surface area contributed by atoms with E-state index in [4.69, 9.17) is 0 Å². The molecule has 0 N–H and O–H groups in total. The molecule has 0 aliphatic rings. The summed E-state index contributed by atoms with van der Waals surface area (Å²) in [6, 6.07) is 17.7. The molecule has 2 aromatic rings. The molecule has 0 heterocycles. The number of Topliss-reactive ketones (excluding diaryl/α,β-unsaturated/α-hetero) is 5. The van der Waals surface area contributed by atoms with E-state index < -0.39 is 5.92 Å². The number of hydrogen-bond donors (Lipinski definition) is 0. The van der Waals surface area contributed by atoms with E-state index in [1.165, 1.54) is 27.7 Å². The molecular weight excluding hydrogens is 368 g/mol. The summed E-state index contributed by atoms with van der Waals surface area (Å²) >= 11 is 0. The van der Waals surface area contributed by atoms with Crippen LogP contribution in [-0.4, -0.2) is 28.9 Å². The Balaban J connectivity index is 0.000000547. The van der Waals surface area contributed by atoms with Crippen molar-refractivity contribution in [1.82, 2.24) is 0 Å². The monoisotopic (exact) mass is 396 g/mol. The van der Waals surface area contributed by atoms with Gasteiger partial charge >= 0.3 is 0 Å². The summed E-state index contributed by atoms with van der Waals surface area (Å²) in [5.41, 5.74) is 1.16. The van der Waals surface area contributed by atoms with Crippen molar-refractivity contribution in [2.24, 2.45) is 5.92 Å². The van der Waals surface area contributed by atoms with Crippen molar-refractivity contribution in [2.75, 3.05) is 0 Å². The Kier molecular flexibility index (Phi) is 12.3. The standard InChI is InChI=1S/C15H12O2.C6H10O2.C3H6O/c16-14(12-7-3-1-4-8-12)11-15(17)13-9-5-2-6-10-13;1-4(5(2)7)6(3)8;1-3(2)4/h1-10H,11H2;4H,1-3H3;1-2H3. The number of benzene rings is 2. The van der Waals surface area contributed by atoms with Crippen molar-refractivity contribution in [3.05, 3.63) is 71.8 Å². The molecule has 0 aliphatic heterocycles. The Morgan fingerprint density at radius 3 is 1.10 bits per heavy atom. The third kappa shape index (κ3) is 12.0. The van der Waals surface area contributed by atoms with Crippen molar-refractivity contribution in [3.8, 4) is 0 Å². The summed E-state index contributed by atoms with van der Waals surface area (Å²) in [5.74, 6) is -0.635. The van der Waals surface area contributed by atoms with Crippen molar-refractivity contribution >= 4 is 28.9 Å². The van der Waals surface area contributed by atoms with Crippen LogP contribution >= 0.6 is 0 Å². The topological polar surface area (TPSA) is 85.3 Å². The first-order chi connectivity index (χ1) is 13.6. The molecule has 0 radical (unpaired) electrons. The van der Waals surface area contributed by atoms with Crippen LogP contribution in [0.25, 0.3) is 0 Å². The molecule has 0 aromatic heterocycles. The lowest BCUT2D eigenvalue weighted by Gasteiger charge is -2.00. The third-order valence-corrected chi connectivity index (χ3v) is 3.73. The van der Waals surface area contributed by atoms with Crippen LogP contribution < -0.4 is 0 Å². The fourth-order valence-electron chi connectivity index (χ4n) is 1.88. The molecule has 0 saturated heterocycles. The van der Waals surface area contributed by atoms with Crippen LogP contribution in [0.2, 0.25) is 0 Å². The molecule has 0 spiro atoms. The van der Waals surface area contributed by atoms with Gasteiger partial charge < -0.3 is 4.79 Å². The zero-order chi connectivity index (χ0) is 22.4. The SMILES string of the molecule is CC(=O)C(C)C(C)=O.CC(C)=O.O=C(CC(=O)c1ccccc1)c1ccccc1. The summed E-state index contributed by atoms with van der Waals surface area (Å²) in [4.78, 5) is 53.8. The van der Waals surface area contributed by atoms with E-state index in [-0.39, 0.29) is 35.3 Å². The van der Waals surface area contributed by atoms with Gasteiger partial charge in [-0.15, -0.1) is 0 Å². The second kappa shape index (κ2) is 13.9. The van der Waals surface area contributed by atoms with Crippen LogP contribution in [-0.2, 0) is 14.4 Å². The number of ketones is 5. The van der Waals surface area contributed by atoms with Gasteiger partial charge in [-0.1, -0.05) is 60.7 Å². The van der Waals surface area contributed by atoms with Gasteiger partial charge in [0, 0.05) is 11.1 Å². The van der Waals surface area contributed by atoms with Gasteiger partial charge in [-0.3, -0.25) is 19.2 Å². The fourth-order valence-corrected chi connectivity index (χ4v) is 1.88. The van der Waals surface area contributed by atoms with E-state index in [0.717, 1.165) is 0 Å². The van der Waals surface area contributed by atoms with Gasteiger partial charge in [0.2, 0.25) is 0 Å². The van der Waals surface area contributed by atoms with Crippen LogP contribution in [0.15, 0.2) is 60.7 Å². The maximum atomic E-state index is 11.8. The maximum Gasteiger partial charge on any atom is 0.170 e. The highest BCUT2D eigenvalue weighted by Crippen LogP contribution is 2.08. The lowest BCUT2D eigenvalue weighted by molar-refractivity contribution is -0.129. The minimum atomic E-state index is -0.407. The minimum Gasteiger partial charge on any atom is -0.300 e. The Bertz CT molecular complexity index is 755. The van der Waals surface area contributed by atoms with E-state index in [1.807, 2.05) is 12.1 Å². The first kappa shape index (κ1) is 25.8. The molecule has 0 bridgehead atoms. The lowest BCUT2D eigenvalue weighted by Crippen LogP contribution is -2.14. The molecule has 29 heavy (non-hydrogen) atoms. The predicted octanol–water partition coefficient (Wildman–Crippen LogP) is 4.54. The number of hydrogen-bond acceptors (Lipinski definition) is 5. The fraction of sp³-hybridized carbons (Fsp3) is 0.292. The molecule has 2 aromatic carbocycles. The summed E-state index contributed by atoms with van der Waals surface area (Å²) in [7, 11) is 0. The van der Waals surface area contributed by atoms with Crippen LogP contribution in [0.3, 0.4) is 0 Å². The quantitative estimate of drug-likeness (QED) is 0.529. The van der Waals surface area contributed by atoms with Gasteiger partial charge in [-0.25, -0.2) is 0 Å². The average molecular weight is 396 g/mol. The summed E-state index contributed by atoms with van der Waals surface area (Å²) in [6.07, 6.45) is -0.0754. The molecule has 0 aliphatic carbocycles. The van der Waals surface area contributed by atoms with E-state index >= 15 is 0 Å². The first-order valence-corrected chi connectivity index (χ1v) is 9.20. The summed E-state index contributed by atoms with van der Waals surface area (Å²) in [6.45, 7) is 7.52. The molecular formula is C24H28O5. The Hall–Kier alpha value is -3.21. The Morgan fingerprint density at radius 1 is 0.621 bits per heavy atom.